The van der Waals surface area contributed by atoms with E-state index in [2.05, 4.69) is 28.4 Å². The molecular weight excluding hydrogens is 160 g/mol. The van der Waals surface area contributed by atoms with E-state index in [9.17, 15) is 0 Å². The van der Waals surface area contributed by atoms with Gasteiger partial charge >= 0.3 is 0 Å². The van der Waals surface area contributed by atoms with E-state index in [1.807, 2.05) is 6.20 Å². The van der Waals surface area contributed by atoms with Gasteiger partial charge in [-0.3, -0.25) is 5.10 Å². The quantitative estimate of drug-likeness (QED) is 0.740. The number of aromatic nitrogens is 2. The minimum atomic E-state index is 0.962. The molecule has 0 bridgehead atoms. The van der Waals surface area contributed by atoms with Gasteiger partial charge < -0.3 is 0 Å². The first-order valence-electron chi connectivity index (χ1n) is 4.84. The van der Waals surface area contributed by atoms with E-state index in [1.165, 1.54) is 30.2 Å². The molecule has 1 N–H and O–H groups in total. The van der Waals surface area contributed by atoms with Gasteiger partial charge in [-0.25, -0.2) is 0 Å². The summed E-state index contributed by atoms with van der Waals surface area (Å²) in [5, 5.41) is 8.21. The molecule has 1 aliphatic rings. The number of hydrogen-bond donors (Lipinski definition) is 1. The van der Waals surface area contributed by atoms with Crippen molar-refractivity contribution < 1.29 is 0 Å². The first kappa shape index (κ1) is 7.13. The molecule has 0 radical (unpaired) electrons. The Hall–Kier alpha value is -1.31. The molecule has 1 aromatic carbocycles. The summed E-state index contributed by atoms with van der Waals surface area (Å²) < 4.78 is 0. The van der Waals surface area contributed by atoms with Crippen LogP contribution in [0.5, 0.6) is 0 Å². The number of H-pyrrole nitrogens is 1. The van der Waals surface area contributed by atoms with E-state index >= 15 is 0 Å². The Labute approximate surface area is 77.0 Å². The van der Waals surface area contributed by atoms with Gasteiger partial charge in [-0.1, -0.05) is 6.07 Å². The molecule has 2 aromatic rings. The highest BCUT2D eigenvalue weighted by molar-refractivity contribution is 5.78. The molecule has 2 heteroatoms. The summed E-state index contributed by atoms with van der Waals surface area (Å²) in [6, 6.07) is 6.58. The molecule has 3 rings (SSSR count). The maximum absolute atomic E-state index is 4.01. The fourth-order valence-corrected chi connectivity index (χ4v) is 1.77. The first-order chi connectivity index (χ1) is 6.42. The van der Waals surface area contributed by atoms with Crippen molar-refractivity contribution in [2.45, 2.75) is 19.3 Å². The van der Waals surface area contributed by atoms with Crippen molar-refractivity contribution in [2.24, 2.45) is 5.92 Å². The van der Waals surface area contributed by atoms with Crippen molar-refractivity contribution in [3.8, 4) is 0 Å². The Balaban J connectivity index is 1.99. The minimum absolute atomic E-state index is 0.962. The lowest BCUT2D eigenvalue weighted by Gasteiger charge is -1.98. The van der Waals surface area contributed by atoms with E-state index in [-0.39, 0.29) is 0 Å². The van der Waals surface area contributed by atoms with Crippen LogP contribution in [0.4, 0.5) is 0 Å². The van der Waals surface area contributed by atoms with Gasteiger partial charge in [0.05, 0.1) is 11.7 Å². The molecule has 66 valence electrons. The van der Waals surface area contributed by atoms with E-state index in [0.29, 0.717) is 0 Å². The second-order valence-electron chi connectivity index (χ2n) is 3.94. The molecule has 2 nitrogen and oxygen atoms in total. The third-order valence-electron chi connectivity index (χ3n) is 2.73. The van der Waals surface area contributed by atoms with Crippen molar-refractivity contribution >= 4 is 10.9 Å². The molecule has 0 saturated heterocycles. The second kappa shape index (κ2) is 2.59. The number of nitrogens with one attached hydrogen (secondary N) is 1. The fourth-order valence-electron chi connectivity index (χ4n) is 1.77. The topological polar surface area (TPSA) is 28.7 Å². The standard InChI is InChI=1S/C11H12N2/c1-2-8(1)5-9-3-4-11-10(6-9)7-12-13-11/h3-4,6-8H,1-2,5H2,(H,12,13). The molecule has 1 fully saturated rings. The predicted molar refractivity (Wildman–Crippen MR) is 52.5 cm³/mol. The van der Waals surface area contributed by atoms with Gasteiger partial charge in [0.25, 0.3) is 0 Å². The Morgan fingerprint density at radius 3 is 3.15 bits per heavy atom. The van der Waals surface area contributed by atoms with Crippen LogP contribution in [0, 0.1) is 5.92 Å². The summed E-state index contributed by atoms with van der Waals surface area (Å²) in [5.41, 5.74) is 2.59. The minimum Gasteiger partial charge on any atom is -0.278 e. The van der Waals surface area contributed by atoms with Crippen molar-refractivity contribution in [1.29, 1.82) is 0 Å². The van der Waals surface area contributed by atoms with Gasteiger partial charge in [-0.05, 0) is 42.9 Å². The van der Waals surface area contributed by atoms with Crippen LogP contribution in [0.3, 0.4) is 0 Å². The predicted octanol–water partition coefficient (Wildman–Crippen LogP) is 2.52. The monoisotopic (exact) mass is 172 g/mol. The first-order valence-corrected chi connectivity index (χ1v) is 4.84. The van der Waals surface area contributed by atoms with Crippen LogP contribution in [0.25, 0.3) is 10.9 Å². The molecule has 1 aliphatic carbocycles. The van der Waals surface area contributed by atoms with Crippen LogP contribution < -0.4 is 0 Å². The molecule has 0 unspecified atom stereocenters. The molecule has 13 heavy (non-hydrogen) atoms. The SMILES string of the molecule is c1cc2[nH]ncc2cc1CC1CC1. The average molecular weight is 172 g/mol. The molecule has 0 aliphatic heterocycles. The fraction of sp³-hybridized carbons (Fsp3) is 0.364. The van der Waals surface area contributed by atoms with Crippen LogP contribution in [0.15, 0.2) is 24.4 Å². The van der Waals surface area contributed by atoms with Crippen LogP contribution in [0.2, 0.25) is 0 Å². The Morgan fingerprint density at radius 1 is 1.38 bits per heavy atom. The molecule has 0 atom stereocenters. The van der Waals surface area contributed by atoms with Gasteiger partial charge in [0.2, 0.25) is 0 Å². The molecular formula is C11H12N2. The maximum atomic E-state index is 4.01. The molecule has 0 spiro atoms. The van der Waals surface area contributed by atoms with E-state index in [1.54, 1.807) is 0 Å². The Morgan fingerprint density at radius 2 is 2.31 bits per heavy atom. The number of nitrogens with zero attached hydrogens (tertiary/aromatic N) is 1. The van der Waals surface area contributed by atoms with Gasteiger partial charge in [-0.15, -0.1) is 0 Å². The Bertz CT molecular complexity index is 426. The number of aromatic amines is 1. The molecule has 1 aromatic heterocycles. The van der Waals surface area contributed by atoms with Gasteiger partial charge in [0.15, 0.2) is 0 Å². The summed E-state index contributed by atoms with van der Waals surface area (Å²) in [6.45, 7) is 0. The second-order valence-corrected chi connectivity index (χ2v) is 3.94. The number of fused-ring (bicyclic) bond motifs is 1. The van der Waals surface area contributed by atoms with Crippen LogP contribution in [-0.4, -0.2) is 10.2 Å². The smallest absolute Gasteiger partial charge is 0.0650 e. The van der Waals surface area contributed by atoms with Crippen molar-refractivity contribution in [3.05, 3.63) is 30.0 Å². The normalized spacial score (nSPS) is 16.6. The highest BCUT2D eigenvalue weighted by atomic mass is 15.1. The highest BCUT2D eigenvalue weighted by Gasteiger charge is 2.21. The van der Waals surface area contributed by atoms with Crippen LogP contribution >= 0.6 is 0 Å². The summed E-state index contributed by atoms with van der Waals surface area (Å²) in [5.74, 6) is 0.962. The largest absolute Gasteiger partial charge is 0.278 e. The van der Waals surface area contributed by atoms with Crippen LogP contribution in [-0.2, 0) is 6.42 Å². The number of hydrogen-bond acceptors (Lipinski definition) is 1. The van der Waals surface area contributed by atoms with Gasteiger partial charge in [-0.2, -0.15) is 5.10 Å². The lowest BCUT2D eigenvalue weighted by molar-refractivity contribution is 0.834. The third-order valence-corrected chi connectivity index (χ3v) is 2.73. The van der Waals surface area contributed by atoms with E-state index in [0.717, 1.165) is 11.4 Å². The van der Waals surface area contributed by atoms with Crippen LogP contribution in [0.1, 0.15) is 18.4 Å². The molecule has 1 saturated carbocycles. The van der Waals surface area contributed by atoms with Crippen molar-refractivity contribution in [1.82, 2.24) is 10.2 Å². The summed E-state index contributed by atoms with van der Waals surface area (Å²) in [6.07, 6.45) is 5.99. The summed E-state index contributed by atoms with van der Waals surface area (Å²) >= 11 is 0. The summed E-state index contributed by atoms with van der Waals surface area (Å²) in [7, 11) is 0. The van der Waals surface area contributed by atoms with Crippen molar-refractivity contribution in [2.75, 3.05) is 0 Å². The number of benzene rings is 1. The zero-order valence-electron chi connectivity index (χ0n) is 7.46. The Kier molecular flexibility index (Phi) is 1.42. The molecule has 1 heterocycles. The number of rotatable bonds is 2. The zero-order valence-corrected chi connectivity index (χ0v) is 7.46. The van der Waals surface area contributed by atoms with Gasteiger partial charge in [0, 0.05) is 5.39 Å². The summed E-state index contributed by atoms with van der Waals surface area (Å²) in [4.78, 5) is 0. The van der Waals surface area contributed by atoms with Gasteiger partial charge in [0.1, 0.15) is 0 Å². The maximum Gasteiger partial charge on any atom is 0.0650 e. The third kappa shape index (κ3) is 1.32. The zero-order chi connectivity index (χ0) is 8.67. The van der Waals surface area contributed by atoms with E-state index in [4.69, 9.17) is 0 Å². The van der Waals surface area contributed by atoms with E-state index < -0.39 is 0 Å². The highest BCUT2D eigenvalue weighted by Crippen LogP contribution is 2.32. The van der Waals surface area contributed by atoms with Crippen molar-refractivity contribution in [3.63, 3.8) is 0 Å². The lowest BCUT2D eigenvalue weighted by atomic mass is 10.1. The average Bonchev–Trinajstić information content (AvgIpc) is 2.83. The lowest BCUT2D eigenvalue weighted by Crippen LogP contribution is -1.85. The molecule has 0 amide bonds.